The van der Waals surface area contributed by atoms with Crippen LogP contribution < -0.4 is 9.62 Å². The van der Waals surface area contributed by atoms with E-state index < -0.39 is 10.0 Å². The quantitative estimate of drug-likeness (QED) is 0.575. The van der Waals surface area contributed by atoms with Crippen LogP contribution in [-0.4, -0.2) is 71.3 Å². The average Bonchev–Trinajstić information content (AvgIpc) is 3.18. The smallest absolute Gasteiger partial charge is 0.253 e. The third-order valence-corrected chi connectivity index (χ3v) is 5.94. The van der Waals surface area contributed by atoms with Gasteiger partial charge in [0.05, 0.1) is 18.0 Å². The van der Waals surface area contributed by atoms with Crippen LogP contribution in [0.25, 0.3) is 0 Å². The molecule has 2 rings (SSSR count). The van der Waals surface area contributed by atoms with E-state index in [1.165, 1.54) is 29.9 Å². The number of sulfonamides is 1. The highest BCUT2D eigenvalue weighted by atomic mass is 32.2. The fourth-order valence-electron chi connectivity index (χ4n) is 3.22. The van der Waals surface area contributed by atoms with Crippen molar-refractivity contribution >= 4 is 27.5 Å². The van der Waals surface area contributed by atoms with Gasteiger partial charge in [0.15, 0.2) is 0 Å². The Morgan fingerprint density at radius 3 is 2.31 bits per heavy atom. The number of amides is 2. The summed E-state index contributed by atoms with van der Waals surface area (Å²) in [6.45, 7) is 0.699. The van der Waals surface area contributed by atoms with Crippen molar-refractivity contribution in [3.05, 3.63) is 29.8 Å². The number of carbonyl (C=O) groups is 2. The predicted molar refractivity (Wildman–Crippen MR) is 112 cm³/mol. The minimum atomic E-state index is -3.66. The van der Waals surface area contributed by atoms with Gasteiger partial charge in [-0.1, -0.05) is 12.8 Å². The molecule has 2 amide bonds. The van der Waals surface area contributed by atoms with Crippen LogP contribution in [0.2, 0.25) is 0 Å². The summed E-state index contributed by atoms with van der Waals surface area (Å²) in [5.74, 6) is -0.565. The molecule has 0 spiro atoms. The Morgan fingerprint density at radius 1 is 1.14 bits per heavy atom. The molecule has 0 atom stereocenters. The number of nitrogens with one attached hydrogen (secondary N) is 1. The van der Waals surface area contributed by atoms with E-state index in [0.29, 0.717) is 36.9 Å². The summed E-state index contributed by atoms with van der Waals surface area (Å²) in [6, 6.07) is 6.16. The molecule has 0 heterocycles. The van der Waals surface area contributed by atoms with Crippen molar-refractivity contribution in [2.45, 2.75) is 38.2 Å². The third kappa shape index (κ3) is 7.32. The molecule has 0 unspecified atom stereocenters. The molecule has 1 aromatic rings. The summed E-state index contributed by atoms with van der Waals surface area (Å²) in [7, 11) is -0.374. The van der Waals surface area contributed by atoms with Gasteiger partial charge in [0.2, 0.25) is 15.9 Å². The zero-order valence-electron chi connectivity index (χ0n) is 17.4. The predicted octanol–water partition coefficient (Wildman–Crippen LogP) is 1.62. The van der Waals surface area contributed by atoms with E-state index in [9.17, 15) is 18.0 Å². The maximum atomic E-state index is 12.2. The molecule has 0 aromatic heterocycles. The van der Waals surface area contributed by atoms with Crippen molar-refractivity contribution in [2.75, 3.05) is 44.4 Å². The van der Waals surface area contributed by atoms with Gasteiger partial charge >= 0.3 is 0 Å². The molecule has 1 saturated carbocycles. The van der Waals surface area contributed by atoms with Crippen LogP contribution in [-0.2, 0) is 19.6 Å². The van der Waals surface area contributed by atoms with Crippen LogP contribution in [0.1, 0.15) is 42.5 Å². The first-order valence-corrected chi connectivity index (χ1v) is 11.7. The fraction of sp³-hybridized carbons (Fsp3) is 0.600. The first-order valence-electron chi connectivity index (χ1n) is 9.86. The van der Waals surface area contributed by atoms with Crippen molar-refractivity contribution in [1.29, 1.82) is 0 Å². The minimum Gasteiger partial charge on any atom is -0.378 e. The van der Waals surface area contributed by atoms with Crippen LogP contribution in [0.4, 0.5) is 5.69 Å². The lowest BCUT2D eigenvalue weighted by atomic mass is 10.2. The second kappa shape index (κ2) is 10.6. The molecule has 162 valence electrons. The molecular weight excluding hydrogens is 394 g/mol. The highest BCUT2D eigenvalue weighted by Gasteiger charge is 2.21. The van der Waals surface area contributed by atoms with Crippen LogP contribution in [0.5, 0.6) is 0 Å². The van der Waals surface area contributed by atoms with Gasteiger partial charge < -0.3 is 15.0 Å². The van der Waals surface area contributed by atoms with Crippen molar-refractivity contribution in [3.63, 3.8) is 0 Å². The number of hydrogen-bond donors (Lipinski definition) is 1. The van der Waals surface area contributed by atoms with Gasteiger partial charge in [-0.2, -0.15) is 0 Å². The monoisotopic (exact) mass is 425 g/mol. The van der Waals surface area contributed by atoms with E-state index in [1.54, 1.807) is 26.2 Å². The molecule has 0 radical (unpaired) electrons. The van der Waals surface area contributed by atoms with E-state index >= 15 is 0 Å². The largest absolute Gasteiger partial charge is 0.378 e. The molecule has 0 aliphatic heterocycles. The van der Waals surface area contributed by atoms with Crippen LogP contribution >= 0.6 is 0 Å². The number of hydrogen-bond acceptors (Lipinski definition) is 5. The third-order valence-electron chi connectivity index (χ3n) is 4.79. The Morgan fingerprint density at radius 2 is 1.76 bits per heavy atom. The first-order chi connectivity index (χ1) is 13.7. The summed E-state index contributed by atoms with van der Waals surface area (Å²) in [6.07, 6.45) is 6.72. The van der Waals surface area contributed by atoms with Gasteiger partial charge in [-0.05, 0) is 43.5 Å². The Balaban J connectivity index is 1.88. The Labute approximate surface area is 173 Å². The van der Waals surface area contributed by atoms with Crippen LogP contribution in [0.3, 0.4) is 0 Å². The molecule has 8 nitrogen and oxygen atoms in total. The van der Waals surface area contributed by atoms with E-state index in [-0.39, 0.29) is 18.4 Å². The van der Waals surface area contributed by atoms with E-state index in [0.717, 1.165) is 23.4 Å². The summed E-state index contributed by atoms with van der Waals surface area (Å²) in [5.41, 5.74) is 0.779. The maximum absolute atomic E-state index is 12.2. The molecule has 9 heteroatoms. The zero-order valence-corrected chi connectivity index (χ0v) is 18.2. The first kappa shape index (κ1) is 23.2. The SMILES string of the molecule is CN(C)C(=O)c1ccc(N(CC(=O)NCCCOC2CCCC2)S(C)(=O)=O)cc1. The number of nitrogens with zero attached hydrogens (tertiary/aromatic N) is 2. The highest BCUT2D eigenvalue weighted by molar-refractivity contribution is 7.92. The average molecular weight is 426 g/mol. The van der Waals surface area contributed by atoms with Crippen LogP contribution in [0, 0.1) is 0 Å². The molecule has 29 heavy (non-hydrogen) atoms. The minimum absolute atomic E-state index is 0.181. The van der Waals surface area contributed by atoms with E-state index in [1.807, 2.05) is 0 Å². The highest BCUT2D eigenvalue weighted by Crippen LogP contribution is 2.21. The second-order valence-electron chi connectivity index (χ2n) is 7.50. The summed E-state index contributed by atoms with van der Waals surface area (Å²) < 4.78 is 31.1. The summed E-state index contributed by atoms with van der Waals surface area (Å²) >= 11 is 0. The molecule has 1 aliphatic carbocycles. The summed E-state index contributed by atoms with van der Waals surface area (Å²) in [5, 5.41) is 2.74. The van der Waals surface area contributed by atoms with E-state index in [4.69, 9.17) is 4.74 Å². The van der Waals surface area contributed by atoms with Crippen molar-refractivity contribution in [3.8, 4) is 0 Å². The lowest BCUT2D eigenvalue weighted by Gasteiger charge is -2.22. The molecule has 1 fully saturated rings. The zero-order chi connectivity index (χ0) is 21.4. The van der Waals surface area contributed by atoms with Crippen molar-refractivity contribution in [2.24, 2.45) is 0 Å². The fourth-order valence-corrected chi connectivity index (χ4v) is 4.08. The normalized spacial score (nSPS) is 14.6. The second-order valence-corrected chi connectivity index (χ2v) is 9.40. The lowest BCUT2D eigenvalue weighted by molar-refractivity contribution is -0.119. The Hall–Kier alpha value is -2.13. The number of ether oxygens (including phenoxy) is 1. The van der Waals surface area contributed by atoms with Gasteiger partial charge in [0.1, 0.15) is 6.54 Å². The topological polar surface area (TPSA) is 96.0 Å². The molecule has 0 saturated heterocycles. The summed E-state index contributed by atoms with van der Waals surface area (Å²) in [4.78, 5) is 25.7. The number of anilines is 1. The van der Waals surface area contributed by atoms with Gasteiger partial charge in [-0.15, -0.1) is 0 Å². The molecule has 1 N–H and O–H groups in total. The van der Waals surface area contributed by atoms with Crippen LogP contribution in [0.15, 0.2) is 24.3 Å². The van der Waals surface area contributed by atoms with Gasteiger partial charge in [-0.25, -0.2) is 8.42 Å². The standard InChI is InChI=1S/C20H31N3O5S/c1-22(2)20(25)16-9-11-17(12-10-16)23(29(3,26)27)15-19(24)21-13-6-14-28-18-7-4-5-8-18/h9-12,18H,4-8,13-15H2,1-3H3,(H,21,24). The number of rotatable bonds is 10. The lowest BCUT2D eigenvalue weighted by Crippen LogP contribution is -2.40. The molecule has 1 aromatic carbocycles. The molecule has 1 aliphatic rings. The van der Waals surface area contributed by atoms with E-state index in [2.05, 4.69) is 5.32 Å². The van der Waals surface area contributed by atoms with Crippen molar-refractivity contribution in [1.82, 2.24) is 10.2 Å². The van der Waals surface area contributed by atoms with Gasteiger partial charge in [0.25, 0.3) is 5.91 Å². The Kier molecular flexibility index (Phi) is 8.45. The van der Waals surface area contributed by atoms with Gasteiger partial charge in [-0.3, -0.25) is 13.9 Å². The Bertz CT molecular complexity index is 787. The van der Waals surface area contributed by atoms with Crippen molar-refractivity contribution < 1.29 is 22.7 Å². The molecule has 0 bridgehead atoms. The maximum Gasteiger partial charge on any atom is 0.253 e. The molecular formula is C20H31N3O5S. The number of benzene rings is 1. The van der Waals surface area contributed by atoms with Gasteiger partial charge in [0, 0.05) is 32.8 Å². The number of carbonyl (C=O) groups excluding carboxylic acids is 2.